The zero-order valence-electron chi connectivity index (χ0n) is 17.9. The van der Waals surface area contributed by atoms with Gasteiger partial charge in [-0.15, -0.1) is 11.6 Å². The van der Waals surface area contributed by atoms with Gasteiger partial charge in [-0.1, -0.05) is 0 Å². The first-order chi connectivity index (χ1) is 15.2. The van der Waals surface area contributed by atoms with Crippen LogP contribution in [0.25, 0.3) is 0 Å². The minimum Gasteiger partial charge on any atom is -0.368 e. The summed E-state index contributed by atoms with van der Waals surface area (Å²) in [5, 5.41) is 8.59. The Bertz CT molecular complexity index is 688. The zero-order chi connectivity index (χ0) is 22.9. The number of rotatable bonds is 9. The highest BCUT2D eigenvalue weighted by Gasteiger charge is 2.72. The van der Waals surface area contributed by atoms with Gasteiger partial charge in [-0.3, -0.25) is 9.59 Å². The van der Waals surface area contributed by atoms with Crippen LogP contribution in [0.1, 0.15) is 51.4 Å². The highest BCUT2D eigenvalue weighted by atomic mass is 35.5. The molecule has 3 N–H and O–H groups in total. The fourth-order valence-corrected chi connectivity index (χ4v) is 5.84. The Hall–Kier alpha value is -1.10. The van der Waals surface area contributed by atoms with Gasteiger partial charge in [0.05, 0.1) is 23.0 Å². The Morgan fingerprint density at radius 2 is 1.84 bits per heavy atom. The predicted octanol–water partition coefficient (Wildman–Crippen LogP) is 2.02. The standard InChI is InChI=1S/C21H31ClF3N3O4/c22-15-4-3-13(5-16(15)23)31-8-17(29)28-21-9-20(10-21,11-21)18(30)27-6-12-1-2-14(7-26-12)32-19(24)25/h12-16,19,26H,1-11H2,(H,27,30)(H,28,29). The molecule has 5 aliphatic rings. The van der Waals surface area contributed by atoms with Crippen LogP contribution in [0.3, 0.4) is 0 Å². The summed E-state index contributed by atoms with van der Waals surface area (Å²) in [5.41, 5.74) is -0.762. The van der Waals surface area contributed by atoms with Gasteiger partial charge in [0.25, 0.3) is 0 Å². The van der Waals surface area contributed by atoms with Crippen molar-refractivity contribution < 1.29 is 32.2 Å². The van der Waals surface area contributed by atoms with Crippen LogP contribution < -0.4 is 16.0 Å². The Morgan fingerprint density at radius 3 is 2.47 bits per heavy atom. The van der Waals surface area contributed by atoms with E-state index >= 15 is 0 Å². The van der Waals surface area contributed by atoms with E-state index in [0.29, 0.717) is 58.0 Å². The van der Waals surface area contributed by atoms with E-state index in [2.05, 4.69) is 20.7 Å². The summed E-state index contributed by atoms with van der Waals surface area (Å²) >= 11 is 5.87. The monoisotopic (exact) mass is 481 g/mol. The maximum absolute atomic E-state index is 13.7. The minimum atomic E-state index is -2.77. The van der Waals surface area contributed by atoms with Crippen molar-refractivity contribution in [3.05, 3.63) is 0 Å². The van der Waals surface area contributed by atoms with Crippen LogP contribution in [-0.2, 0) is 19.1 Å². The molecule has 5 unspecified atom stereocenters. The van der Waals surface area contributed by atoms with E-state index in [1.165, 1.54) is 0 Å². The molecule has 0 aromatic rings. The molecule has 1 heterocycles. The molecule has 0 spiro atoms. The number of hydrogen-bond donors (Lipinski definition) is 3. The molecule has 5 fully saturated rings. The highest BCUT2D eigenvalue weighted by Crippen LogP contribution is 2.67. The van der Waals surface area contributed by atoms with E-state index in [9.17, 15) is 22.8 Å². The van der Waals surface area contributed by atoms with E-state index < -0.39 is 29.7 Å². The van der Waals surface area contributed by atoms with Crippen molar-refractivity contribution in [1.29, 1.82) is 0 Å². The summed E-state index contributed by atoms with van der Waals surface area (Å²) in [6.45, 7) is -2.10. The first-order valence-electron chi connectivity index (χ1n) is 11.3. The molecule has 2 bridgehead atoms. The molecule has 2 amide bonds. The lowest BCUT2D eigenvalue weighted by molar-refractivity contribution is -0.185. The second kappa shape index (κ2) is 9.64. The van der Waals surface area contributed by atoms with Gasteiger partial charge >= 0.3 is 6.61 Å². The minimum absolute atomic E-state index is 0.0237. The SMILES string of the molecule is O=C(COC1CCC(Cl)C(F)C1)NC12CC(C(=O)NCC3CCC(OC(F)F)CN3)(C1)C2. The Morgan fingerprint density at radius 1 is 1.12 bits per heavy atom. The fraction of sp³-hybridized carbons (Fsp3) is 0.905. The van der Waals surface area contributed by atoms with Crippen LogP contribution in [0.15, 0.2) is 0 Å². The smallest absolute Gasteiger partial charge is 0.345 e. The quantitative estimate of drug-likeness (QED) is 0.438. The molecule has 5 atom stereocenters. The number of alkyl halides is 4. The van der Waals surface area contributed by atoms with Crippen molar-refractivity contribution in [2.45, 2.75) is 93.3 Å². The molecule has 11 heteroatoms. The predicted molar refractivity (Wildman–Crippen MR) is 110 cm³/mol. The van der Waals surface area contributed by atoms with Crippen LogP contribution in [0.2, 0.25) is 0 Å². The van der Waals surface area contributed by atoms with Crippen molar-refractivity contribution in [1.82, 2.24) is 16.0 Å². The molecule has 182 valence electrons. The van der Waals surface area contributed by atoms with Gasteiger partial charge in [0.15, 0.2) is 0 Å². The summed E-state index contributed by atoms with van der Waals surface area (Å²) in [6, 6.07) is 0.0346. The Labute approximate surface area is 190 Å². The first-order valence-corrected chi connectivity index (χ1v) is 11.8. The zero-order valence-corrected chi connectivity index (χ0v) is 18.6. The van der Waals surface area contributed by atoms with Gasteiger partial charge in [0.2, 0.25) is 11.8 Å². The molecule has 0 radical (unpaired) electrons. The molecule has 1 aliphatic heterocycles. The van der Waals surface area contributed by atoms with Gasteiger partial charge in [-0.25, -0.2) is 4.39 Å². The molecular weight excluding hydrogens is 451 g/mol. The van der Waals surface area contributed by atoms with Crippen molar-refractivity contribution >= 4 is 23.4 Å². The molecular formula is C21H31ClF3N3O4. The molecule has 4 aliphatic carbocycles. The highest BCUT2D eigenvalue weighted by molar-refractivity contribution is 6.21. The Balaban J connectivity index is 1.10. The summed E-state index contributed by atoms with van der Waals surface area (Å²) in [5.74, 6) is -0.265. The fourth-order valence-electron chi connectivity index (χ4n) is 5.61. The maximum atomic E-state index is 13.7. The Kier molecular flexibility index (Phi) is 7.24. The van der Waals surface area contributed by atoms with Crippen molar-refractivity contribution in [3.63, 3.8) is 0 Å². The molecule has 4 saturated carbocycles. The normalized spacial score (nSPS) is 40.8. The average molecular weight is 482 g/mol. The molecule has 0 aromatic carbocycles. The first kappa shape index (κ1) is 24.0. The summed E-state index contributed by atoms with van der Waals surface area (Å²) < 4.78 is 48.2. The van der Waals surface area contributed by atoms with E-state index in [4.69, 9.17) is 16.3 Å². The lowest BCUT2D eigenvalue weighted by Gasteiger charge is -2.69. The number of nitrogens with one attached hydrogen (secondary N) is 3. The third kappa shape index (κ3) is 5.34. The molecule has 5 rings (SSSR count). The number of carbonyl (C=O) groups is 2. The molecule has 1 saturated heterocycles. The van der Waals surface area contributed by atoms with Crippen LogP contribution in [0, 0.1) is 5.41 Å². The third-order valence-electron chi connectivity index (χ3n) is 7.29. The van der Waals surface area contributed by atoms with Crippen LogP contribution >= 0.6 is 11.6 Å². The topological polar surface area (TPSA) is 88.7 Å². The van der Waals surface area contributed by atoms with Crippen LogP contribution in [-0.4, -0.2) is 73.5 Å². The maximum Gasteiger partial charge on any atom is 0.345 e. The van der Waals surface area contributed by atoms with E-state index in [0.717, 1.165) is 0 Å². The third-order valence-corrected chi connectivity index (χ3v) is 7.78. The van der Waals surface area contributed by atoms with Crippen LogP contribution in [0.5, 0.6) is 0 Å². The molecule has 32 heavy (non-hydrogen) atoms. The number of halogens is 4. The van der Waals surface area contributed by atoms with E-state index in [1.54, 1.807) is 0 Å². The van der Waals surface area contributed by atoms with Gasteiger partial charge in [-0.2, -0.15) is 8.78 Å². The number of hydrogen-bond acceptors (Lipinski definition) is 5. The largest absolute Gasteiger partial charge is 0.368 e. The number of amides is 2. The second-order valence-corrected chi connectivity index (χ2v) is 10.4. The second-order valence-electron chi connectivity index (χ2n) is 9.83. The van der Waals surface area contributed by atoms with Gasteiger partial charge in [0, 0.05) is 31.1 Å². The molecule has 0 aromatic heterocycles. The van der Waals surface area contributed by atoms with E-state index in [-0.39, 0.29) is 42.5 Å². The summed E-state index contributed by atoms with van der Waals surface area (Å²) in [6.07, 6.45) is 2.49. The average Bonchev–Trinajstić information content (AvgIpc) is 2.69. The lowest BCUT2D eigenvalue weighted by atomic mass is 9.39. The van der Waals surface area contributed by atoms with Crippen molar-refractivity contribution in [3.8, 4) is 0 Å². The van der Waals surface area contributed by atoms with Crippen LogP contribution in [0.4, 0.5) is 13.2 Å². The van der Waals surface area contributed by atoms with Gasteiger partial charge in [-0.05, 0) is 44.9 Å². The van der Waals surface area contributed by atoms with Gasteiger partial charge in [0.1, 0.15) is 12.8 Å². The number of piperidine rings is 1. The van der Waals surface area contributed by atoms with Crippen molar-refractivity contribution in [2.24, 2.45) is 5.41 Å². The van der Waals surface area contributed by atoms with E-state index in [1.807, 2.05) is 0 Å². The number of ether oxygens (including phenoxy) is 2. The number of carbonyl (C=O) groups excluding carboxylic acids is 2. The van der Waals surface area contributed by atoms with Crippen molar-refractivity contribution in [2.75, 3.05) is 19.7 Å². The lowest BCUT2D eigenvalue weighted by Crippen LogP contribution is -2.78. The van der Waals surface area contributed by atoms with Gasteiger partial charge < -0.3 is 25.4 Å². The summed E-state index contributed by atoms with van der Waals surface area (Å²) in [4.78, 5) is 24.9. The summed E-state index contributed by atoms with van der Waals surface area (Å²) in [7, 11) is 0. The molecule has 7 nitrogen and oxygen atoms in total.